The predicted molar refractivity (Wildman–Crippen MR) is 74.3 cm³/mol. The van der Waals surface area contributed by atoms with Crippen LogP contribution in [-0.2, 0) is 10.2 Å². The first-order chi connectivity index (χ1) is 8.29. The first kappa shape index (κ1) is 12.3. The van der Waals surface area contributed by atoms with Crippen LogP contribution in [0.15, 0.2) is 24.3 Å². The minimum Gasteiger partial charge on any atom is -0.309 e. The van der Waals surface area contributed by atoms with E-state index in [0.717, 1.165) is 17.7 Å². The van der Waals surface area contributed by atoms with Gasteiger partial charge in [0, 0.05) is 22.6 Å². The summed E-state index contributed by atoms with van der Waals surface area (Å²) in [5.41, 5.74) is 1.32. The van der Waals surface area contributed by atoms with Crippen LogP contribution < -0.4 is 4.90 Å². The molecule has 0 unspecified atom stereocenters. The fourth-order valence-corrected chi connectivity index (χ4v) is 5.06. The summed E-state index contributed by atoms with van der Waals surface area (Å²) in [5.74, 6) is 0.0425. The first-order valence-electron chi connectivity index (χ1n) is 6.01. The third-order valence-corrected chi connectivity index (χ3v) is 5.93. The van der Waals surface area contributed by atoms with Gasteiger partial charge < -0.3 is 4.90 Å². The highest BCUT2D eigenvalue weighted by Gasteiger charge is 2.81. The Balaban J connectivity index is 2.30. The number of para-hydroxylation sites is 1. The summed E-state index contributed by atoms with van der Waals surface area (Å²) in [6, 6.07) is 7.86. The molecule has 2 atom stereocenters. The van der Waals surface area contributed by atoms with Gasteiger partial charge >= 0.3 is 0 Å². The van der Waals surface area contributed by atoms with E-state index in [1.54, 1.807) is 4.90 Å². The maximum Gasteiger partial charge on any atom is 0.214 e. The van der Waals surface area contributed by atoms with Gasteiger partial charge in [0.05, 0.1) is 0 Å². The molecule has 1 aliphatic carbocycles. The van der Waals surface area contributed by atoms with Crippen LogP contribution in [0.3, 0.4) is 0 Å². The maximum atomic E-state index is 11.5. The highest BCUT2D eigenvalue weighted by molar-refractivity contribution is 6.53. The second-order valence-electron chi connectivity index (χ2n) is 5.90. The zero-order valence-electron chi connectivity index (χ0n) is 10.6. The van der Waals surface area contributed by atoms with Crippen molar-refractivity contribution in [2.45, 2.75) is 36.1 Å². The summed E-state index contributed by atoms with van der Waals surface area (Å²) in [5, 5.41) is 0. The number of alkyl halides is 2. The van der Waals surface area contributed by atoms with Crippen molar-refractivity contribution >= 4 is 35.3 Å². The summed E-state index contributed by atoms with van der Waals surface area (Å²) >= 11 is 13.0. The molecule has 0 N–H and O–H groups in total. The van der Waals surface area contributed by atoms with Gasteiger partial charge in [-0.2, -0.15) is 0 Å². The lowest BCUT2D eigenvalue weighted by Crippen LogP contribution is -2.50. The Kier molecular flexibility index (Phi) is 2.21. The van der Waals surface area contributed by atoms with Crippen molar-refractivity contribution in [3.63, 3.8) is 0 Å². The van der Waals surface area contributed by atoms with Crippen LogP contribution in [0, 0.1) is 5.92 Å². The summed E-state index contributed by atoms with van der Waals surface area (Å²) in [6.07, 6.45) is 0.876. The Bertz CT molecular complexity index is 540. The molecule has 18 heavy (non-hydrogen) atoms. The van der Waals surface area contributed by atoms with Gasteiger partial charge in [-0.1, -0.05) is 25.1 Å². The zero-order chi connectivity index (χ0) is 13.3. The van der Waals surface area contributed by atoms with Crippen LogP contribution in [0.5, 0.6) is 0 Å². The molecule has 0 spiro atoms. The Hall–Kier alpha value is -0.730. The normalized spacial score (nSPS) is 34.5. The van der Waals surface area contributed by atoms with Crippen LogP contribution in [0.2, 0.25) is 0 Å². The van der Waals surface area contributed by atoms with Crippen molar-refractivity contribution in [2.75, 3.05) is 4.90 Å². The Labute approximate surface area is 117 Å². The van der Waals surface area contributed by atoms with Crippen LogP contribution in [-0.4, -0.2) is 16.3 Å². The molecule has 3 rings (SSSR count). The maximum absolute atomic E-state index is 11.5. The lowest BCUT2D eigenvalue weighted by molar-refractivity contribution is -0.108. The third kappa shape index (κ3) is 1.10. The van der Waals surface area contributed by atoms with Gasteiger partial charge in [0.15, 0.2) is 0 Å². The first-order valence-corrected chi connectivity index (χ1v) is 6.77. The number of benzene rings is 1. The average molecular weight is 284 g/mol. The minimum atomic E-state index is -0.815. The molecule has 96 valence electrons. The number of carbonyl (C=O) groups is 1. The van der Waals surface area contributed by atoms with Gasteiger partial charge in [-0.05, 0) is 25.5 Å². The third-order valence-electron chi connectivity index (χ3n) is 4.70. The molecule has 0 saturated heterocycles. The molecule has 0 bridgehead atoms. The van der Waals surface area contributed by atoms with Crippen molar-refractivity contribution in [2.24, 2.45) is 5.92 Å². The molecular weight excluding hydrogens is 269 g/mol. The van der Waals surface area contributed by atoms with Gasteiger partial charge in [0.1, 0.15) is 4.33 Å². The number of rotatable bonds is 1. The Morgan fingerprint density at radius 2 is 1.83 bits per heavy atom. The van der Waals surface area contributed by atoms with Crippen LogP contribution >= 0.6 is 23.2 Å². The number of anilines is 1. The van der Waals surface area contributed by atoms with Crippen molar-refractivity contribution < 1.29 is 4.79 Å². The molecule has 1 fully saturated rings. The van der Waals surface area contributed by atoms with Crippen LogP contribution in [0.25, 0.3) is 0 Å². The van der Waals surface area contributed by atoms with Crippen molar-refractivity contribution in [1.82, 2.24) is 0 Å². The molecule has 0 aromatic heterocycles. The molecule has 0 radical (unpaired) electrons. The molecule has 1 aromatic carbocycles. The molecule has 2 nitrogen and oxygen atoms in total. The molecule has 1 saturated carbocycles. The van der Waals surface area contributed by atoms with E-state index in [9.17, 15) is 4.79 Å². The highest BCUT2D eigenvalue weighted by Crippen LogP contribution is 2.76. The second kappa shape index (κ2) is 3.23. The Morgan fingerprint density at radius 3 is 2.44 bits per heavy atom. The van der Waals surface area contributed by atoms with Crippen molar-refractivity contribution in [3.8, 4) is 0 Å². The lowest BCUT2D eigenvalue weighted by Gasteiger charge is -2.42. The summed E-state index contributed by atoms with van der Waals surface area (Å²) in [7, 11) is 0. The fraction of sp³-hybridized carbons (Fsp3) is 0.500. The standard InChI is InChI=1S/C14H15Cl2NO/c1-12(2)11-13(3,14(11,15)16)9-6-4-5-7-10(9)17(12)8-18/h4-8,11H,1-3H3/t11-,13+/m0/s1. The van der Waals surface area contributed by atoms with Crippen molar-refractivity contribution in [3.05, 3.63) is 29.8 Å². The van der Waals surface area contributed by atoms with E-state index in [4.69, 9.17) is 23.2 Å². The number of amides is 1. The molecular formula is C14H15Cl2NO. The molecule has 4 heteroatoms. The summed E-state index contributed by atoms with van der Waals surface area (Å²) < 4.78 is -0.815. The van der Waals surface area contributed by atoms with E-state index in [0.29, 0.717) is 0 Å². The van der Waals surface area contributed by atoms with E-state index >= 15 is 0 Å². The summed E-state index contributed by atoms with van der Waals surface area (Å²) in [4.78, 5) is 13.2. The number of hydrogen-bond acceptors (Lipinski definition) is 1. The lowest BCUT2D eigenvalue weighted by atomic mass is 9.80. The number of carbonyl (C=O) groups excluding carboxylic acids is 1. The largest absolute Gasteiger partial charge is 0.309 e. The van der Waals surface area contributed by atoms with Gasteiger partial charge in [0.2, 0.25) is 6.41 Å². The predicted octanol–water partition coefficient (Wildman–Crippen LogP) is 3.50. The van der Waals surface area contributed by atoms with Crippen LogP contribution in [0.4, 0.5) is 5.69 Å². The highest BCUT2D eigenvalue weighted by atomic mass is 35.5. The number of hydrogen-bond donors (Lipinski definition) is 0. The SMILES string of the molecule is CC1(C)[C@@H]2C(Cl)(Cl)[C@]2(C)c2ccccc2N1C=O. The van der Waals surface area contributed by atoms with E-state index < -0.39 is 4.33 Å². The van der Waals surface area contributed by atoms with Crippen molar-refractivity contribution in [1.29, 1.82) is 0 Å². The zero-order valence-corrected chi connectivity index (χ0v) is 12.1. The van der Waals surface area contributed by atoms with Gasteiger partial charge in [-0.3, -0.25) is 4.79 Å². The number of nitrogens with zero attached hydrogens (tertiary/aromatic N) is 1. The number of halogens is 2. The molecule has 1 heterocycles. The number of fused-ring (bicyclic) bond motifs is 3. The molecule has 2 aliphatic rings. The molecule has 1 aliphatic heterocycles. The van der Waals surface area contributed by atoms with E-state index in [1.807, 2.05) is 38.1 Å². The second-order valence-corrected chi connectivity index (χ2v) is 7.29. The van der Waals surface area contributed by atoms with Gasteiger partial charge in [-0.25, -0.2) is 0 Å². The Morgan fingerprint density at radius 1 is 1.22 bits per heavy atom. The monoisotopic (exact) mass is 283 g/mol. The molecule has 1 aromatic rings. The topological polar surface area (TPSA) is 20.3 Å². The van der Waals surface area contributed by atoms with Gasteiger partial charge in [-0.15, -0.1) is 23.2 Å². The molecule has 1 amide bonds. The van der Waals surface area contributed by atoms with E-state index in [-0.39, 0.29) is 16.9 Å². The smallest absolute Gasteiger partial charge is 0.214 e. The quantitative estimate of drug-likeness (QED) is 0.571. The van der Waals surface area contributed by atoms with E-state index in [1.165, 1.54) is 0 Å². The fourth-order valence-electron chi connectivity index (χ4n) is 3.78. The summed E-state index contributed by atoms with van der Waals surface area (Å²) in [6.45, 7) is 6.12. The minimum absolute atomic E-state index is 0.0425. The van der Waals surface area contributed by atoms with Gasteiger partial charge in [0.25, 0.3) is 0 Å². The van der Waals surface area contributed by atoms with E-state index in [2.05, 4.69) is 6.92 Å². The average Bonchev–Trinajstić information content (AvgIpc) is 2.75. The van der Waals surface area contributed by atoms with Crippen LogP contribution in [0.1, 0.15) is 26.3 Å².